The summed E-state index contributed by atoms with van der Waals surface area (Å²) in [5.41, 5.74) is 3.49. The number of carbonyl (C=O) groups excluding carboxylic acids is 1. The van der Waals surface area contributed by atoms with E-state index >= 15 is 0 Å². The van der Waals surface area contributed by atoms with Crippen molar-refractivity contribution in [2.45, 2.75) is 20.0 Å². The van der Waals surface area contributed by atoms with E-state index in [9.17, 15) is 4.79 Å². The lowest BCUT2D eigenvalue weighted by Crippen LogP contribution is -2.24. The number of amides is 1. The zero-order chi connectivity index (χ0) is 17.9. The van der Waals surface area contributed by atoms with Crippen LogP contribution in [-0.2, 0) is 13.1 Å². The first kappa shape index (κ1) is 16.1. The minimum atomic E-state index is -0.135. The van der Waals surface area contributed by atoms with Gasteiger partial charge in [0, 0.05) is 17.7 Å². The monoisotopic (exact) mass is 346 g/mol. The smallest absolute Gasteiger partial charge is 0.251 e. The van der Waals surface area contributed by atoms with Crippen molar-refractivity contribution in [3.63, 3.8) is 0 Å². The number of imidazole rings is 1. The van der Waals surface area contributed by atoms with Crippen LogP contribution in [0.4, 0.5) is 0 Å². The Labute approximate surface area is 150 Å². The third kappa shape index (κ3) is 2.97. The molecule has 0 aliphatic heterocycles. The van der Waals surface area contributed by atoms with Gasteiger partial charge in [-0.15, -0.1) is 0 Å². The normalized spacial score (nSPS) is 11.0. The maximum absolute atomic E-state index is 12.4. The van der Waals surface area contributed by atoms with E-state index in [0.717, 1.165) is 29.0 Å². The van der Waals surface area contributed by atoms with Crippen molar-refractivity contribution in [3.8, 4) is 11.3 Å². The number of fused-ring (bicyclic) bond motifs is 1. The van der Waals surface area contributed by atoms with Gasteiger partial charge in [-0.05, 0) is 31.2 Å². The molecule has 0 saturated carbocycles. The van der Waals surface area contributed by atoms with Crippen molar-refractivity contribution in [2.24, 2.45) is 0 Å². The number of oxazole rings is 1. The third-order valence-electron chi connectivity index (χ3n) is 4.32. The number of hydrogen-bond donors (Lipinski definition) is 1. The summed E-state index contributed by atoms with van der Waals surface area (Å²) >= 11 is 0. The Morgan fingerprint density at radius 1 is 1.15 bits per heavy atom. The van der Waals surface area contributed by atoms with E-state index in [1.807, 2.05) is 36.4 Å². The molecule has 0 aliphatic carbocycles. The van der Waals surface area contributed by atoms with E-state index in [1.165, 1.54) is 6.39 Å². The van der Waals surface area contributed by atoms with Crippen LogP contribution < -0.4 is 5.32 Å². The molecule has 6 heteroatoms. The summed E-state index contributed by atoms with van der Waals surface area (Å²) in [7, 11) is 0. The molecule has 130 valence electrons. The molecular formula is C20H18N4O2. The van der Waals surface area contributed by atoms with Gasteiger partial charge in [-0.2, -0.15) is 0 Å². The van der Waals surface area contributed by atoms with Crippen LogP contribution in [0.25, 0.3) is 22.4 Å². The first-order valence-corrected chi connectivity index (χ1v) is 8.47. The molecule has 6 nitrogen and oxygen atoms in total. The zero-order valence-electron chi connectivity index (χ0n) is 14.3. The predicted molar refractivity (Wildman–Crippen MR) is 98.5 cm³/mol. The van der Waals surface area contributed by atoms with E-state index in [4.69, 9.17) is 4.42 Å². The van der Waals surface area contributed by atoms with Gasteiger partial charge in [0.25, 0.3) is 5.91 Å². The van der Waals surface area contributed by atoms with Crippen molar-refractivity contribution in [1.29, 1.82) is 0 Å². The van der Waals surface area contributed by atoms with E-state index in [0.29, 0.717) is 17.9 Å². The van der Waals surface area contributed by atoms with Crippen molar-refractivity contribution in [2.75, 3.05) is 0 Å². The van der Waals surface area contributed by atoms with Crippen molar-refractivity contribution >= 4 is 16.9 Å². The Balaban J connectivity index is 1.49. The molecule has 1 amide bonds. The molecular weight excluding hydrogens is 328 g/mol. The first-order valence-electron chi connectivity index (χ1n) is 8.47. The lowest BCUT2D eigenvalue weighted by Gasteiger charge is -2.08. The molecule has 0 saturated heterocycles. The number of aryl methyl sites for hydroxylation is 1. The fourth-order valence-electron chi connectivity index (χ4n) is 3.02. The average Bonchev–Trinajstić information content (AvgIpc) is 3.33. The number of benzene rings is 2. The summed E-state index contributed by atoms with van der Waals surface area (Å²) in [6.07, 6.45) is 3.03. The van der Waals surface area contributed by atoms with Crippen LogP contribution in [0.1, 0.15) is 23.1 Å². The van der Waals surface area contributed by atoms with Gasteiger partial charge in [-0.25, -0.2) is 9.97 Å². The molecule has 4 aromatic rings. The maximum atomic E-state index is 12.4. The fraction of sp³-hybridized carbons (Fsp3) is 0.150. The van der Waals surface area contributed by atoms with Gasteiger partial charge in [0.05, 0.1) is 23.8 Å². The molecule has 2 aromatic heterocycles. The van der Waals surface area contributed by atoms with Crippen molar-refractivity contribution in [3.05, 3.63) is 72.5 Å². The SMILES string of the molecule is CCn1c(CNC(=O)c2ccc(-c3cnco3)cc2)nc2ccccc21. The van der Waals surface area contributed by atoms with Crippen molar-refractivity contribution in [1.82, 2.24) is 19.9 Å². The Morgan fingerprint density at radius 3 is 2.69 bits per heavy atom. The molecule has 0 aliphatic rings. The second-order valence-electron chi connectivity index (χ2n) is 5.89. The molecule has 0 bridgehead atoms. The number of rotatable bonds is 5. The Hall–Kier alpha value is -3.41. The predicted octanol–water partition coefficient (Wildman–Crippen LogP) is 3.64. The summed E-state index contributed by atoms with van der Waals surface area (Å²) in [6, 6.07) is 15.2. The first-order chi connectivity index (χ1) is 12.8. The van der Waals surface area contributed by atoms with Crippen molar-refractivity contribution < 1.29 is 9.21 Å². The standard InChI is InChI=1S/C20H18N4O2/c1-2-24-17-6-4-3-5-16(17)23-19(24)12-22-20(25)15-9-7-14(8-10-15)18-11-21-13-26-18/h3-11,13H,2,12H2,1H3,(H,22,25). The molecule has 2 aromatic carbocycles. The van der Waals surface area contributed by atoms with Crippen LogP contribution in [0, 0.1) is 0 Å². The Bertz CT molecular complexity index is 1030. The zero-order valence-corrected chi connectivity index (χ0v) is 14.3. The van der Waals surface area contributed by atoms with Crippen LogP contribution in [0.5, 0.6) is 0 Å². The average molecular weight is 346 g/mol. The number of carbonyl (C=O) groups is 1. The quantitative estimate of drug-likeness (QED) is 0.599. The lowest BCUT2D eigenvalue weighted by molar-refractivity contribution is 0.0949. The topological polar surface area (TPSA) is 73.0 Å². The number of nitrogens with zero attached hydrogens (tertiary/aromatic N) is 3. The molecule has 0 fully saturated rings. The number of aromatic nitrogens is 3. The van der Waals surface area contributed by atoms with Gasteiger partial charge in [0.2, 0.25) is 0 Å². The number of nitrogens with one attached hydrogen (secondary N) is 1. The van der Waals surface area contributed by atoms with Gasteiger partial charge in [0.15, 0.2) is 12.2 Å². The molecule has 0 unspecified atom stereocenters. The van der Waals surface area contributed by atoms with E-state index < -0.39 is 0 Å². The number of hydrogen-bond acceptors (Lipinski definition) is 4. The van der Waals surface area contributed by atoms with E-state index in [2.05, 4.69) is 26.8 Å². The summed E-state index contributed by atoms with van der Waals surface area (Å²) in [4.78, 5) is 21.0. The lowest BCUT2D eigenvalue weighted by atomic mass is 10.1. The highest BCUT2D eigenvalue weighted by molar-refractivity contribution is 5.94. The molecule has 0 radical (unpaired) electrons. The van der Waals surface area contributed by atoms with Crippen LogP contribution in [-0.4, -0.2) is 20.4 Å². The highest BCUT2D eigenvalue weighted by atomic mass is 16.3. The largest absolute Gasteiger partial charge is 0.444 e. The van der Waals surface area contributed by atoms with Gasteiger partial charge >= 0.3 is 0 Å². The summed E-state index contributed by atoms with van der Waals surface area (Å²) in [6.45, 7) is 3.25. The molecule has 4 rings (SSSR count). The van der Waals surface area contributed by atoms with Gasteiger partial charge in [0.1, 0.15) is 5.82 Å². The van der Waals surface area contributed by atoms with Gasteiger partial charge in [-0.3, -0.25) is 4.79 Å². The molecule has 2 heterocycles. The van der Waals surface area contributed by atoms with E-state index in [-0.39, 0.29) is 5.91 Å². The molecule has 0 spiro atoms. The Kier molecular flexibility index (Phi) is 4.23. The fourth-order valence-corrected chi connectivity index (χ4v) is 3.02. The van der Waals surface area contributed by atoms with Crippen LogP contribution in [0.2, 0.25) is 0 Å². The highest BCUT2D eigenvalue weighted by Gasteiger charge is 2.12. The highest BCUT2D eigenvalue weighted by Crippen LogP contribution is 2.19. The van der Waals surface area contributed by atoms with Crippen LogP contribution >= 0.6 is 0 Å². The molecule has 1 N–H and O–H groups in total. The van der Waals surface area contributed by atoms with Gasteiger partial charge in [-0.1, -0.05) is 24.3 Å². The van der Waals surface area contributed by atoms with E-state index in [1.54, 1.807) is 18.3 Å². The minimum Gasteiger partial charge on any atom is -0.444 e. The molecule has 26 heavy (non-hydrogen) atoms. The second-order valence-corrected chi connectivity index (χ2v) is 5.89. The van der Waals surface area contributed by atoms with Gasteiger partial charge < -0.3 is 14.3 Å². The number of para-hydroxylation sites is 2. The summed E-state index contributed by atoms with van der Waals surface area (Å²) < 4.78 is 7.37. The minimum absolute atomic E-state index is 0.135. The van der Waals surface area contributed by atoms with Crippen LogP contribution in [0.15, 0.2) is 65.5 Å². The Morgan fingerprint density at radius 2 is 1.96 bits per heavy atom. The maximum Gasteiger partial charge on any atom is 0.251 e. The third-order valence-corrected chi connectivity index (χ3v) is 4.32. The van der Waals surface area contributed by atoms with Crippen LogP contribution in [0.3, 0.4) is 0 Å². The summed E-state index contributed by atoms with van der Waals surface area (Å²) in [5, 5.41) is 2.95. The summed E-state index contributed by atoms with van der Waals surface area (Å²) in [5.74, 6) is 1.39. The molecule has 0 atom stereocenters. The second kappa shape index (κ2) is 6.84.